The summed E-state index contributed by atoms with van der Waals surface area (Å²) in [6.45, 7) is 18.5. The van der Waals surface area contributed by atoms with E-state index >= 15 is 0 Å². The summed E-state index contributed by atoms with van der Waals surface area (Å²) in [7, 11) is 3.13. The van der Waals surface area contributed by atoms with Crippen molar-refractivity contribution in [3.05, 3.63) is 64.5 Å². The number of fused-ring (bicyclic) bond motifs is 1. The summed E-state index contributed by atoms with van der Waals surface area (Å²) >= 11 is 6.32. The molecule has 0 atom stereocenters. The van der Waals surface area contributed by atoms with Crippen LogP contribution in [0, 0.1) is 0 Å². The van der Waals surface area contributed by atoms with E-state index in [1.54, 1.807) is 27.9 Å². The number of allylic oxidation sites excluding steroid dienone is 3. The van der Waals surface area contributed by atoms with Gasteiger partial charge in [-0.15, -0.1) is 0 Å². The highest BCUT2D eigenvalue weighted by molar-refractivity contribution is 6.34. The van der Waals surface area contributed by atoms with Gasteiger partial charge in [-0.1, -0.05) is 71.4 Å². The molecule has 1 aromatic carbocycles. The molecule has 2 aromatic rings. The molecule has 8 nitrogen and oxygen atoms in total. The molecule has 0 spiro atoms. The average molecular weight is 551 g/mol. The molecule has 214 valence electrons. The smallest absolute Gasteiger partial charge is 0.343 e. The lowest BCUT2D eigenvalue weighted by molar-refractivity contribution is -0.142. The van der Waals surface area contributed by atoms with E-state index in [1.807, 2.05) is 87.6 Å². The fourth-order valence-electron chi connectivity index (χ4n) is 2.86. The van der Waals surface area contributed by atoms with Crippen LogP contribution in [0.15, 0.2) is 48.3 Å². The van der Waals surface area contributed by atoms with Crippen LogP contribution in [0.3, 0.4) is 0 Å². The number of hydrogen-bond donors (Lipinski definition) is 1. The third-order valence-corrected chi connectivity index (χ3v) is 5.05. The van der Waals surface area contributed by atoms with Crippen molar-refractivity contribution in [2.45, 2.75) is 68.9 Å². The summed E-state index contributed by atoms with van der Waals surface area (Å²) < 4.78 is 11.6. The molecular weight excluding hydrogens is 504 g/mol. The molecule has 3 rings (SSSR count). The molecule has 2 heterocycles. The summed E-state index contributed by atoms with van der Waals surface area (Å²) in [5, 5.41) is 7.82. The molecule has 0 saturated heterocycles. The fraction of sp³-hybridized carbons (Fsp3) is 0.483. The molecule has 1 amide bonds. The van der Waals surface area contributed by atoms with Gasteiger partial charge in [0.1, 0.15) is 11.6 Å². The highest BCUT2D eigenvalue weighted by atomic mass is 35.5. The fourth-order valence-corrected chi connectivity index (χ4v) is 3.11. The van der Waals surface area contributed by atoms with E-state index in [1.165, 1.54) is 13.2 Å². The Morgan fingerprint density at radius 2 is 1.66 bits per heavy atom. The number of aromatic nitrogens is 2. The van der Waals surface area contributed by atoms with Crippen LogP contribution >= 0.6 is 11.6 Å². The third kappa shape index (κ3) is 11.9. The summed E-state index contributed by atoms with van der Waals surface area (Å²) in [5.74, 6) is 0.538. The number of methoxy groups -OCH3 is 1. The van der Waals surface area contributed by atoms with Gasteiger partial charge in [-0.05, 0) is 39.0 Å². The summed E-state index contributed by atoms with van der Waals surface area (Å²) in [6.07, 6.45) is 7.67. The topological polar surface area (TPSA) is 85.7 Å². The molecule has 1 aromatic heterocycles. The number of carbonyl (C=O) groups excluding carboxylic acids is 2. The molecule has 0 radical (unpaired) electrons. The lowest BCUT2D eigenvalue weighted by Crippen LogP contribution is -2.32. The number of ether oxygens (including phenoxy) is 2. The van der Waals surface area contributed by atoms with Crippen LogP contribution in [-0.4, -0.2) is 46.8 Å². The van der Waals surface area contributed by atoms with Crippen molar-refractivity contribution >= 4 is 29.3 Å². The normalized spacial score (nSPS) is 12.4. The minimum Gasteiger partial charge on any atom is -0.482 e. The maximum absolute atomic E-state index is 13.1. The number of rotatable bonds is 4. The second kappa shape index (κ2) is 21.8. The van der Waals surface area contributed by atoms with Crippen LogP contribution in [0.2, 0.25) is 5.02 Å². The largest absolute Gasteiger partial charge is 0.482 e. The van der Waals surface area contributed by atoms with Crippen molar-refractivity contribution in [2.75, 3.05) is 25.6 Å². The van der Waals surface area contributed by atoms with Gasteiger partial charge in [-0.25, -0.2) is 4.79 Å². The quantitative estimate of drug-likeness (QED) is 0.318. The van der Waals surface area contributed by atoms with Crippen molar-refractivity contribution in [2.24, 2.45) is 7.05 Å². The Hall–Kier alpha value is -3.26. The molecule has 0 aliphatic carbocycles. The molecule has 38 heavy (non-hydrogen) atoms. The zero-order valence-electron chi connectivity index (χ0n) is 25.0. The van der Waals surface area contributed by atoms with Crippen molar-refractivity contribution in [3.63, 3.8) is 0 Å². The van der Waals surface area contributed by atoms with E-state index in [-0.39, 0.29) is 17.5 Å². The Labute approximate surface area is 234 Å². The number of benzene rings is 1. The van der Waals surface area contributed by atoms with E-state index in [2.05, 4.69) is 15.2 Å². The molecule has 1 aliphatic rings. The molecular formula is C29H47ClN4O4. The number of nitrogens with one attached hydrogen (secondary N) is 1. The van der Waals surface area contributed by atoms with Crippen LogP contribution in [0.5, 0.6) is 5.75 Å². The second-order valence-corrected chi connectivity index (χ2v) is 7.32. The maximum Gasteiger partial charge on any atom is 0.343 e. The van der Waals surface area contributed by atoms with Gasteiger partial charge in [0.25, 0.3) is 5.91 Å². The molecule has 0 bridgehead atoms. The van der Waals surface area contributed by atoms with Gasteiger partial charge in [0.05, 0.1) is 37.0 Å². The minimum atomic E-state index is -0.500. The standard InChI is InChI=1S/C19H21ClN4O4.C4H8.3C2H6/c1-4-13-10-24(9-12-8-21-23(2)18(12)22-13)19(26)15-6-5-14(7-16(15)20)28-11-17(25)27-3;1-3-4-2;3*1-2/h4-8,22H,9-11H2,1-3H3;3-4H,1-2H3;3*1-2H3/b13-4+;4-3+;;;. The van der Waals surface area contributed by atoms with Gasteiger partial charge in [0.15, 0.2) is 6.61 Å². The summed E-state index contributed by atoms with van der Waals surface area (Å²) in [4.78, 5) is 26.0. The van der Waals surface area contributed by atoms with E-state index < -0.39 is 5.97 Å². The first kappa shape index (κ1) is 36.9. The number of esters is 1. The lowest BCUT2D eigenvalue weighted by atomic mass is 10.1. The number of aryl methyl sites for hydroxylation is 1. The maximum atomic E-state index is 13.1. The van der Waals surface area contributed by atoms with Gasteiger partial charge in [-0.3, -0.25) is 9.48 Å². The van der Waals surface area contributed by atoms with E-state index in [0.29, 0.717) is 24.4 Å². The predicted molar refractivity (Wildman–Crippen MR) is 159 cm³/mol. The number of halogens is 1. The zero-order valence-corrected chi connectivity index (χ0v) is 25.8. The molecule has 9 heteroatoms. The number of nitrogens with zero attached hydrogens (tertiary/aromatic N) is 3. The molecule has 1 N–H and O–H groups in total. The highest BCUT2D eigenvalue weighted by Crippen LogP contribution is 2.28. The Kier molecular flexibility index (Phi) is 21.2. The van der Waals surface area contributed by atoms with Crippen LogP contribution in [0.4, 0.5) is 5.82 Å². The van der Waals surface area contributed by atoms with Crippen LogP contribution in [0.25, 0.3) is 0 Å². The van der Waals surface area contributed by atoms with E-state index in [9.17, 15) is 9.59 Å². The van der Waals surface area contributed by atoms with Crippen molar-refractivity contribution < 1.29 is 19.1 Å². The number of hydrogen-bond acceptors (Lipinski definition) is 6. The predicted octanol–water partition coefficient (Wildman–Crippen LogP) is 7.26. The summed E-state index contributed by atoms with van der Waals surface area (Å²) in [5.41, 5.74) is 2.17. The molecule has 0 fully saturated rings. The Morgan fingerprint density at radius 1 is 1.05 bits per heavy atom. The Bertz CT molecular complexity index is 1010. The first-order valence-corrected chi connectivity index (χ1v) is 13.5. The monoisotopic (exact) mass is 550 g/mol. The lowest BCUT2D eigenvalue weighted by Gasteiger charge is -2.21. The van der Waals surface area contributed by atoms with Crippen molar-refractivity contribution in [1.82, 2.24) is 14.7 Å². The van der Waals surface area contributed by atoms with Gasteiger partial charge < -0.3 is 19.7 Å². The Morgan fingerprint density at radius 3 is 2.16 bits per heavy atom. The van der Waals surface area contributed by atoms with Crippen LogP contribution in [0.1, 0.15) is 78.2 Å². The zero-order chi connectivity index (χ0) is 29.7. The Balaban J connectivity index is 0. The molecule has 0 unspecified atom stereocenters. The minimum absolute atomic E-state index is 0.206. The van der Waals surface area contributed by atoms with Crippen LogP contribution < -0.4 is 10.1 Å². The van der Waals surface area contributed by atoms with Crippen LogP contribution in [-0.2, 0) is 23.1 Å². The number of amides is 1. The first-order valence-electron chi connectivity index (χ1n) is 13.1. The van der Waals surface area contributed by atoms with E-state index in [4.69, 9.17) is 16.3 Å². The molecule has 1 aliphatic heterocycles. The third-order valence-electron chi connectivity index (χ3n) is 4.74. The van der Waals surface area contributed by atoms with Gasteiger partial charge in [0.2, 0.25) is 0 Å². The van der Waals surface area contributed by atoms with Gasteiger partial charge in [0, 0.05) is 18.3 Å². The van der Waals surface area contributed by atoms with Gasteiger partial charge >= 0.3 is 5.97 Å². The number of carbonyl (C=O) groups is 2. The second-order valence-electron chi connectivity index (χ2n) is 6.92. The molecule has 0 saturated carbocycles. The SMILES string of the molecule is C/C=C/C.C/C=C1\CN(C(=O)c2ccc(OCC(=O)OC)cc2Cl)Cc2cnn(C)c2N1.CC.CC.CC. The van der Waals surface area contributed by atoms with Crippen molar-refractivity contribution in [3.8, 4) is 5.75 Å². The highest BCUT2D eigenvalue weighted by Gasteiger charge is 2.25. The summed E-state index contributed by atoms with van der Waals surface area (Å²) in [6, 6.07) is 4.71. The van der Waals surface area contributed by atoms with E-state index in [0.717, 1.165) is 17.1 Å². The average Bonchev–Trinajstić information content (AvgIpc) is 3.19. The first-order chi connectivity index (χ1) is 18.3. The van der Waals surface area contributed by atoms with Gasteiger partial charge in [-0.2, -0.15) is 5.10 Å². The van der Waals surface area contributed by atoms with Crippen molar-refractivity contribution in [1.29, 1.82) is 0 Å². The number of anilines is 1.